The van der Waals surface area contributed by atoms with Gasteiger partial charge in [0.1, 0.15) is 11.6 Å². The molecule has 1 aliphatic heterocycles. The molecule has 6 heteroatoms. The van der Waals surface area contributed by atoms with Gasteiger partial charge in [0.25, 0.3) is 5.91 Å². The predicted molar refractivity (Wildman–Crippen MR) is 77.9 cm³/mol. The first kappa shape index (κ1) is 13.3. The maximum atomic E-state index is 12.4. The number of nitrogens with zero attached hydrogens (tertiary/aromatic N) is 4. The highest BCUT2D eigenvalue weighted by Crippen LogP contribution is 2.20. The van der Waals surface area contributed by atoms with Crippen molar-refractivity contribution in [3.8, 4) is 0 Å². The Balaban J connectivity index is 1.72. The van der Waals surface area contributed by atoms with Gasteiger partial charge in [-0.3, -0.25) is 4.79 Å². The second-order valence-corrected chi connectivity index (χ2v) is 6.00. The third-order valence-electron chi connectivity index (χ3n) is 4.04. The molecule has 0 fully saturated rings. The summed E-state index contributed by atoms with van der Waals surface area (Å²) in [5, 5.41) is 12.2. The van der Waals surface area contributed by atoms with E-state index in [1.807, 2.05) is 35.7 Å². The van der Waals surface area contributed by atoms with Gasteiger partial charge in [-0.15, -0.1) is 10.2 Å². The lowest BCUT2D eigenvalue weighted by atomic mass is 10.1. The second kappa shape index (κ2) is 5.36. The van der Waals surface area contributed by atoms with E-state index in [0.29, 0.717) is 0 Å². The highest BCUT2D eigenvalue weighted by molar-refractivity contribution is 7.08. The van der Waals surface area contributed by atoms with Crippen LogP contribution in [0.3, 0.4) is 0 Å². The molecule has 0 bridgehead atoms. The maximum Gasteiger partial charge on any atom is 0.254 e. The summed E-state index contributed by atoms with van der Waals surface area (Å²) >= 11 is 1.56. The summed E-state index contributed by atoms with van der Waals surface area (Å²) < 4.78 is 2.17. The van der Waals surface area contributed by atoms with Crippen LogP contribution in [-0.4, -0.2) is 38.7 Å². The van der Waals surface area contributed by atoms with E-state index in [1.165, 1.54) is 0 Å². The van der Waals surface area contributed by atoms with Crippen molar-refractivity contribution >= 4 is 17.2 Å². The summed E-state index contributed by atoms with van der Waals surface area (Å²) in [6.07, 6.45) is 2.79. The largest absolute Gasteiger partial charge is 0.339 e. The lowest BCUT2D eigenvalue weighted by Crippen LogP contribution is -2.37. The van der Waals surface area contributed by atoms with Crippen LogP contribution in [0.15, 0.2) is 16.8 Å². The fourth-order valence-corrected chi connectivity index (χ4v) is 3.39. The van der Waals surface area contributed by atoms with Crippen LogP contribution in [0.25, 0.3) is 0 Å². The molecule has 3 rings (SSSR count). The molecule has 5 nitrogen and oxygen atoms in total. The number of aryl methyl sites for hydroxylation is 2. The molecular weight excluding hydrogens is 272 g/mol. The zero-order valence-corrected chi connectivity index (χ0v) is 12.6. The van der Waals surface area contributed by atoms with Crippen LogP contribution < -0.4 is 0 Å². The summed E-state index contributed by atoms with van der Waals surface area (Å²) in [7, 11) is 1.91. The van der Waals surface area contributed by atoms with Crippen molar-refractivity contribution in [1.82, 2.24) is 19.7 Å². The van der Waals surface area contributed by atoms with Crippen molar-refractivity contribution in [3.05, 3.63) is 34.0 Å². The van der Waals surface area contributed by atoms with Gasteiger partial charge >= 0.3 is 0 Å². The number of fused-ring (bicyclic) bond motifs is 1. The molecule has 106 valence electrons. The number of carbonyl (C=O) groups excluding carboxylic acids is 1. The number of rotatable bonds is 2. The molecule has 2 aromatic rings. The van der Waals surface area contributed by atoms with Gasteiger partial charge in [0.2, 0.25) is 0 Å². The molecule has 1 unspecified atom stereocenters. The summed E-state index contributed by atoms with van der Waals surface area (Å²) in [6, 6.07) is 2.16. The van der Waals surface area contributed by atoms with Crippen LogP contribution in [-0.2, 0) is 13.0 Å². The molecule has 0 spiro atoms. The Morgan fingerprint density at radius 3 is 3.05 bits per heavy atom. The second-order valence-electron chi connectivity index (χ2n) is 5.22. The Labute approximate surface area is 122 Å². The summed E-state index contributed by atoms with van der Waals surface area (Å²) in [6.45, 7) is 2.87. The lowest BCUT2D eigenvalue weighted by Gasteiger charge is -2.26. The summed E-state index contributed by atoms with van der Waals surface area (Å²) in [4.78, 5) is 14.3. The van der Waals surface area contributed by atoms with Crippen molar-refractivity contribution < 1.29 is 4.79 Å². The van der Waals surface area contributed by atoms with Gasteiger partial charge in [0.15, 0.2) is 0 Å². The fraction of sp³-hybridized carbons (Fsp3) is 0.500. The first-order valence-corrected chi connectivity index (χ1v) is 7.79. The molecule has 1 amide bonds. The molecule has 0 saturated carbocycles. The van der Waals surface area contributed by atoms with Crippen LogP contribution in [0.5, 0.6) is 0 Å². The van der Waals surface area contributed by atoms with Gasteiger partial charge in [-0.25, -0.2) is 0 Å². The topological polar surface area (TPSA) is 51.0 Å². The van der Waals surface area contributed by atoms with Gasteiger partial charge in [0.05, 0.1) is 5.56 Å². The molecule has 2 aromatic heterocycles. The van der Waals surface area contributed by atoms with Crippen molar-refractivity contribution in [2.45, 2.75) is 38.8 Å². The average molecular weight is 290 g/mol. The van der Waals surface area contributed by atoms with Crippen LogP contribution in [0.1, 0.15) is 34.8 Å². The number of hydrogen-bond donors (Lipinski definition) is 0. The third kappa shape index (κ3) is 2.35. The Morgan fingerprint density at radius 2 is 2.30 bits per heavy atom. The maximum absolute atomic E-state index is 12.4. The summed E-state index contributed by atoms with van der Waals surface area (Å²) in [5.41, 5.74) is 0.789. The SMILES string of the molecule is Cc1nnc2n1CCC(N(C)C(=O)c1ccsc1)CC2. The first-order valence-electron chi connectivity index (χ1n) is 6.85. The van der Waals surface area contributed by atoms with Crippen molar-refractivity contribution in [1.29, 1.82) is 0 Å². The number of aromatic nitrogens is 3. The van der Waals surface area contributed by atoms with E-state index in [4.69, 9.17) is 0 Å². The molecular formula is C14H18N4OS. The van der Waals surface area contributed by atoms with E-state index in [1.54, 1.807) is 11.3 Å². The fourth-order valence-electron chi connectivity index (χ4n) is 2.76. The van der Waals surface area contributed by atoms with Crippen molar-refractivity contribution in [3.63, 3.8) is 0 Å². The molecule has 0 radical (unpaired) electrons. The van der Waals surface area contributed by atoms with Gasteiger partial charge < -0.3 is 9.47 Å². The van der Waals surface area contributed by atoms with Gasteiger partial charge in [-0.1, -0.05) is 0 Å². The number of thiophene rings is 1. The molecule has 0 aromatic carbocycles. The van der Waals surface area contributed by atoms with Gasteiger partial charge in [-0.05, 0) is 31.2 Å². The number of hydrogen-bond acceptors (Lipinski definition) is 4. The van der Waals surface area contributed by atoms with Gasteiger partial charge in [0, 0.05) is 31.4 Å². The highest BCUT2D eigenvalue weighted by Gasteiger charge is 2.25. The normalized spacial score (nSPS) is 18.4. The van der Waals surface area contributed by atoms with Crippen LogP contribution in [0.4, 0.5) is 0 Å². The Morgan fingerprint density at radius 1 is 1.45 bits per heavy atom. The smallest absolute Gasteiger partial charge is 0.254 e. The molecule has 0 N–H and O–H groups in total. The van der Waals surface area contributed by atoms with E-state index in [0.717, 1.165) is 43.0 Å². The molecule has 20 heavy (non-hydrogen) atoms. The van der Waals surface area contributed by atoms with E-state index >= 15 is 0 Å². The van der Waals surface area contributed by atoms with E-state index in [2.05, 4.69) is 14.8 Å². The third-order valence-corrected chi connectivity index (χ3v) is 4.72. The number of carbonyl (C=O) groups is 1. The van der Waals surface area contributed by atoms with E-state index < -0.39 is 0 Å². The summed E-state index contributed by atoms with van der Waals surface area (Å²) in [5.74, 6) is 2.12. The standard InChI is InChI=1S/C14H18N4OS/c1-10-15-16-13-4-3-12(5-7-18(10)13)17(2)14(19)11-6-8-20-9-11/h6,8-9,12H,3-5,7H2,1-2H3. The monoisotopic (exact) mass is 290 g/mol. The predicted octanol–water partition coefficient (Wildman–Crippen LogP) is 2.13. The molecule has 1 atom stereocenters. The Bertz CT molecular complexity index is 605. The Kier molecular flexibility index (Phi) is 3.56. The van der Waals surface area contributed by atoms with Crippen LogP contribution in [0.2, 0.25) is 0 Å². The zero-order chi connectivity index (χ0) is 14.1. The van der Waals surface area contributed by atoms with Gasteiger partial charge in [-0.2, -0.15) is 11.3 Å². The lowest BCUT2D eigenvalue weighted by molar-refractivity contribution is 0.0716. The van der Waals surface area contributed by atoms with Crippen LogP contribution >= 0.6 is 11.3 Å². The van der Waals surface area contributed by atoms with E-state index in [-0.39, 0.29) is 11.9 Å². The minimum Gasteiger partial charge on any atom is -0.339 e. The Hall–Kier alpha value is -1.69. The van der Waals surface area contributed by atoms with E-state index in [9.17, 15) is 4.79 Å². The average Bonchev–Trinajstić information content (AvgIpc) is 3.04. The molecule has 1 aliphatic rings. The quantitative estimate of drug-likeness (QED) is 0.851. The minimum atomic E-state index is 0.116. The number of amides is 1. The zero-order valence-electron chi connectivity index (χ0n) is 11.7. The molecule has 3 heterocycles. The van der Waals surface area contributed by atoms with Crippen molar-refractivity contribution in [2.24, 2.45) is 0 Å². The van der Waals surface area contributed by atoms with Crippen LogP contribution in [0, 0.1) is 6.92 Å². The van der Waals surface area contributed by atoms with Crippen molar-refractivity contribution in [2.75, 3.05) is 7.05 Å². The molecule has 0 aliphatic carbocycles. The molecule has 0 saturated heterocycles. The highest BCUT2D eigenvalue weighted by atomic mass is 32.1. The first-order chi connectivity index (χ1) is 9.66. The minimum absolute atomic E-state index is 0.116.